The molecule has 22 heavy (non-hydrogen) atoms. The van der Waals surface area contributed by atoms with Gasteiger partial charge >= 0.3 is 0 Å². The molecule has 7 heteroatoms. The molecule has 6 nitrogen and oxygen atoms in total. The molecule has 122 valence electrons. The standard InChI is InChI=1S/C15H22N2O4S/c1-12-11-13(21-2)3-4-14(12)15(18)16-5-6-17-7-9-22(19,20)10-8-17/h3-4,11H,5-10H2,1-2H3,(H,16,18). The van der Waals surface area contributed by atoms with Crippen LogP contribution in [0.3, 0.4) is 0 Å². The number of hydrogen-bond acceptors (Lipinski definition) is 5. The molecule has 0 radical (unpaired) electrons. The zero-order valence-corrected chi connectivity index (χ0v) is 13.8. The summed E-state index contributed by atoms with van der Waals surface area (Å²) in [5.74, 6) is 1.02. The molecule has 0 unspecified atom stereocenters. The van der Waals surface area contributed by atoms with Crippen LogP contribution in [0.4, 0.5) is 0 Å². The van der Waals surface area contributed by atoms with Crippen molar-refractivity contribution in [1.82, 2.24) is 10.2 Å². The number of rotatable bonds is 5. The Morgan fingerprint density at radius 2 is 2.00 bits per heavy atom. The zero-order chi connectivity index (χ0) is 16.2. The number of methoxy groups -OCH3 is 1. The van der Waals surface area contributed by atoms with Crippen LogP contribution in [0, 0.1) is 6.92 Å². The van der Waals surface area contributed by atoms with E-state index in [9.17, 15) is 13.2 Å². The fourth-order valence-corrected chi connectivity index (χ4v) is 3.69. The number of nitrogens with one attached hydrogen (secondary N) is 1. The third kappa shape index (κ3) is 4.45. The highest BCUT2D eigenvalue weighted by atomic mass is 32.2. The van der Waals surface area contributed by atoms with Crippen molar-refractivity contribution in [2.24, 2.45) is 0 Å². The Kier molecular flexibility index (Phi) is 5.42. The Morgan fingerprint density at radius 1 is 1.32 bits per heavy atom. The predicted octanol–water partition coefficient (Wildman–Crippen LogP) is 0.464. The molecule has 1 saturated heterocycles. The van der Waals surface area contributed by atoms with E-state index in [1.807, 2.05) is 13.0 Å². The highest BCUT2D eigenvalue weighted by molar-refractivity contribution is 7.91. The molecule has 0 aliphatic carbocycles. The van der Waals surface area contributed by atoms with Gasteiger partial charge in [0, 0.05) is 31.7 Å². The smallest absolute Gasteiger partial charge is 0.251 e. The molecule has 0 spiro atoms. The highest BCUT2D eigenvalue weighted by Crippen LogP contribution is 2.16. The van der Waals surface area contributed by atoms with Crippen molar-refractivity contribution in [3.05, 3.63) is 29.3 Å². The van der Waals surface area contributed by atoms with Crippen LogP contribution in [0.2, 0.25) is 0 Å². The van der Waals surface area contributed by atoms with Gasteiger partial charge in [0.1, 0.15) is 5.75 Å². The van der Waals surface area contributed by atoms with Crippen LogP contribution < -0.4 is 10.1 Å². The van der Waals surface area contributed by atoms with Gasteiger partial charge in [0.25, 0.3) is 5.91 Å². The van der Waals surface area contributed by atoms with Crippen molar-refractivity contribution in [2.45, 2.75) is 6.92 Å². The Hall–Kier alpha value is -1.60. The number of benzene rings is 1. The van der Waals surface area contributed by atoms with Crippen molar-refractivity contribution in [3.8, 4) is 5.75 Å². The van der Waals surface area contributed by atoms with E-state index in [0.717, 1.165) is 11.3 Å². The molecule has 1 aliphatic rings. The molecular formula is C15H22N2O4S. The number of sulfone groups is 1. The molecule has 0 atom stereocenters. The van der Waals surface area contributed by atoms with E-state index < -0.39 is 9.84 Å². The summed E-state index contributed by atoms with van der Waals surface area (Å²) in [7, 11) is -1.26. The van der Waals surface area contributed by atoms with E-state index in [1.165, 1.54) is 0 Å². The normalized spacial score (nSPS) is 17.9. The fraction of sp³-hybridized carbons (Fsp3) is 0.533. The van der Waals surface area contributed by atoms with Crippen LogP contribution >= 0.6 is 0 Å². The molecule has 1 amide bonds. The second-order valence-electron chi connectivity index (χ2n) is 5.43. The van der Waals surface area contributed by atoms with Crippen LogP contribution in [0.5, 0.6) is 5.75 Å². The van der Waals surface area contributed by atoms with Gasteiger partial charge in [-0.15, -0.1) is 0 Å². The number of nitrogens with zero attached hydrogens (tertiary/aromatic N) is 1. The molecule has 0 saturated carbocycles. The van der Waals surface area contributed by atoms with Gasteiger partial charge in [-0.1, -0.05) is 0 Å². The molecule has 1 aliphatic heterocycles. The summed E-state index contributed by atoms with van der Waals surface area (Å²) in [4.78, 5) is 14.2. The van der Waals surface area contributed by atoms with Gasteiger partial charge in [0.2, 0.25) is 0 Å². The van der Waals surface area contributed by atoms with Gasteiger partial charge in [-0.05, 0) is 30.7 Å². The molecule has 1 heterocycles. The van der Waals surface area contributed by atoms with E-state index in [0.29, 0.717) is 31.7 Å². The average molecular weight is 326 g/mol. The number of amides is 1. The van der Waals surface area contributed by atoms with E-state index in [1.54, 1.807) is 19.2 Å². The summed E-state index contributed by atoms with van der Waals surface area (Å²) >= 11 is 0. The van der Waals surface area contributed by atoms with Gasteiger partial charge in [-0.2, -0.15) is 0 Å². The topological polar surface area (TPSA) is 75.7 Å². The molecule has 0 bridgehead atoms. The lowest BCUT2D eigenvalue weighted by Gasteiger charge is -2.26. The maximum Gasteiger partial charge on any atom is 0.251 e. The first-order chi connectivity index (χ1) is 10.4. The predicted molar refractivity (Wildman–Crippen MR) is 85.2 cm³/mol. The Morgan fingerprint density at radius 3 is 2.59 bits per heavy atom. The molecular weight excluding hydrogens is 304 g/mol. The molecule has 1 aromatic carbocycles. The number of carbonyl (C=O) groups excluding carboxylic acids is 1. The summed E-state index contributed by atoms with van der Waals surface area (Å²) in [5.41, 5.74) is 1.49. The lowest BCUT2D eigenvalue weighted by atomic mass is 10.1. The molecule has 2 rings (SSSR count). The summed E-state index contributed by atoms with van der Waals surface area (Å²) in [6.45, 7) is 4.12. The third-order valence-corrected chi connectivity index (χ3v) is 5.44. The minimum absolute atomic E-state index is 0.121. The van der Waals surface area contributed by atoms with Gasteiger partial charge in [0.15, 0.2) is 9.84 Å². The maximum absolute atomic E-state index is 12.1. The van der Waals surface area contributed by atoms with E-state index in [-0.39, 0.29) is 17.4 Å². The van der Waals surface area contributed by atoms with Crippen LogP contribution in [-0.2, 0) is 9.84 Å². The van der Waals surface area contributed by atoms with E-state index >= 15 is 0 Å². The minimum Gasteiger partial charge on any atom is -0.497 e. The summed E-state index contributed by atoms with van der Waals surface area (Å²) in [6.07, 6.45) is 0. The Balaban J connectivity index is 1.81. The second kappa shape index (κ2) is 7.11. The van der Waals surface area contributed by atoms with Gasteiger partial charge in [-0.25, -0.2) is 8.42 Å². The molecule has 1 N–H and O–H groups in total. The van der Waals surface area contributed by atoms with E-state index in [4.69, 9.17) is 4.74 Å². The SMILES string of the molecule is COc1ccc(C(=O)NCCN2CCS(=O)(=O)CC2)c(C)c1. The Bertz CT molecular complexity index is 629. The summed E-state index contributed by atoms with van der Waals surface area (Å²) in [5, 5.41) is 2.87. The van der Waals surface area contributed by atoms with Gasteiger partial charge in [0.05, 0.1) is 18.6 Å². The lowest BCUT2D eigenvalue weighted by molar-refractivity contribution is 0.0948. The maximum atomic E-state index is 12.1. The molecule has 0 aromatic heterocycles. The minimum atomic E-state index is -2.85. The average Bonchev–Trinajstić information content (AvgIpc) is 2.48. The summed E-state index contributed by atoms with van der Waals surface area (Å²) in [6, 6.07) is 5.33. The van der Waals surface area contributed by atoms with Crippen molar-refractivity contribution in [1.29, 1.82) is 0 Å². The van der Waals surface area contributed by atoms with Gasteiger partial charge in [-0.3, -0.25) is 9.69 Å². The van der Waals surface area contributed by atoms with Crippen LogP contribution in [0.25, 0.3) is 0 Å². The van der Waals surface area contributed by atoms with Gasteiger partial charge < -0.3 is 10.1 Å². The number of carbonyl (C=O) groups is 1. The number of ether oxygens (including phenoxy) is 1. The quantitative estimate of drug-likeness (QED) is 0.851. The number of aryl methyl sites for hydroxylation is 1. The molecule has 1 aromatic rings. The van der Waals surface area contributed by atoms with Crippen molar-refractivity contribution >= 4 is 15.7 Å². The van der Waals surface area contributed by atoms with Crippen molar-refractivity contribution in [2.75, 3.05) is 44.8 Å². The van der Waals surface area contributed by atoms with Crippen molar-refractivity contribution < 1.29 is 17.9 Å². The first-order valence-electron chi connectivity index (χ1n) is 7.27. The first kappa shape index (κ1) is 16.8. The third-order valence-electron chi connectivity index (χ3n) is 3.83. The van der Waals surface area contributed by atoms with Crippen LogP contribution in [0.15, 0.2) is 18.2 Å². The zero-order valence-electron chi connectivity index (χ0n) is 13.0. The van der Waals surface area contributed by atoms with Crippen LogP contribution in [0.1, 0.15) is 15.9 Å². The first-order valence-corrected chi connectivity index (χ1v) is 9.09. The lowest BCUT2D eigenvalue weighted by Crippen LogP contribution is -2.43. The second-order valence-corrected chi connectivity index (χ2v) is 7.73. The Labute approximate surface area is 131 Å². The summed E-state index contributed by atoms with van der Waals surface area (Å²) < 4.78 is 27.8. The van der Waals surface area contributed by atoms with Crippen molar-refractivity contribution in [3.63, 3.8) is 0 Å². The highest BCUT2D eigenvalue weighted by Gasteiger charge is 2.21. The molecule has 1 fully saturated rings. The van der Waals surface area contributed by atoms with Crippen LogP contribution in [-0.4, -0.2) is 64.0 Å². The monoisotopic (exact) mass is 326 g/mol. The fourth-order valence-electron chi connectivity index (χ4n) is 2.41. The van der Waals surface area contributed by atoms with E-state index in [2.05, 4.69) is 10.2 Å². The number of hydrogen-bond donors (Lipinski definition) is 1. The largest absolute Gasteiger partial charge is 0.497 e.